The Hall–Kier alpha value is -2.14. The van der Waals surface area contributed by atoms with E-state index in [-0.39, 0.29) is 29.3 Å². The van der Waals surface area contributed by atoms with Crippen molar-refractivity contribution < 1.29 is 24.9 Å². The number of unbranched alkanes of at least 4 members (excludes halogenated alkanes) is 7. The van der Waals surface area contributed by atoms with Crippen molar-refractivity contribution in [1.29, 1.82) is 5.26 Å². The van der Waals surface area contributed by atoms with Gasteiger partial charge in [-0.1, -0.05) is 38.5 Å². The van der Waals surface area contributed by atoms with Gasteiger partial charge >= 0.3 is 0 Å². The number of aliphatic hydroxyl groups excluding tert-OH is 3. The first-order valence-corrected chi connectivity index (χ1v) is 9.81. The average Bonchev–Trinajstić information content (AvgIpc) is 2.67. The van der Waals surface area contributed by atoms with Gasteiger partial charge in [-0.25, -0.2) is 0 Å². The summed E-state index contributed by atoms with van der Waals surface area (Å²) in [6, 6.07) is 1.73. The van der Waals surface area contributed by atoms with E-state index in [1.165, 1.54) is 7.11 Å². The first-order chi connectivity index (χ1) is 13.4. The van der Waals surface area contributed by atoms with Gasteiger partial charge in [0.2, 0.25) is 0 Å². The SMILES string of the molecule is COC1=C(O)C(CCCCCCCCCCO)=C(C)C(=O)/C1=C(/C#N)C(N)O. The summed E-state index contributed by atoms with van der Waals surface area (Å²) in [5.74, 6) is -0.753. The van der Waals surface area contributed by atoms with Gasteiger partial charge in [0, 0.05) is 17.8 Å². The Balaban J connectivity index is 2.76. The Morgan fingerprint density at radius 1 is 1.14 bits per heavy atom. The van der Waals surface area contributed by atoms with Crippen molar-refractivity contribution in [2.45, 2.75) is 70.9 Å². The third-order valence-corrected chi connectivity index (χ3v) is 4.97. The topological polar surface area (TPSA) is 137 Å². The normalized spacial score (nSPS) is 17.6. The second-order valence-electron chi connectivity index (χ2n) is 6.96. The number of carbonyl (C=O) groups excluding carboxylic acids is 1. The fourth-order valence-electron chi connectivity index (χ4n) is 3.35. The molecule has 0 heterocycles. The lowest BCUT2D eigenvalue weighted by molar-refractivity contribution is -0.112. The van der Waals surface area contributed by atoms with Crippen LogP contribution in [-0.2, 0) is 9.53 Å². The highest BCUT2D eigenvalue weighted by Crippen LogP contribution is 2.35. The van der Waals surface area contributed by atoms with Crippen molar-refractivity contribution >= 4 is 5.78 Å². The summed E-state index contributed by atoms with van der Waals surface area (Å²) in [4.78, 5) is 12.7. The van der Waals surface area contributed by atoms with Gasteiger partial charge in [-0.15, -0.1) is 0 Å². The van der Waals surface area contributed by atoms with Crippen LogP contribution in [0.25, 0.3) is 0 Å². The molecule has 0 amide bonds. The summed E-state index contributed by atoms with van der Waals surface area (Å²) in [5.41, 5.74) is 5.73. The molecule has 1 unspecified atom stereocenters. The summed E-state index contributed by atoms with van der Waals surface area (Å²) in [5, 5.41) is 38.1. The number of ketones is 1. The number of nitriles is 1. The van der Waals surface area contributed by atoms with E-state index >= 15 is 0 Å². The monoisotopic (exact) mass is 392 g/mol. The summed E-state index contributed by atoms with van der Waals surface area (Å²) in [7, 11) is 1.30. The maximum Gasteiger partial charge on any atom is 0.194 e. The molecular weight excluding hydrogens is 360 g/mol. The number of nitrogens with zero attached hydrogens (tertiary/aromatic N) is 1. The van der Waals surface area contributed by atoms with Gasteiger partial charge in [-0.2, -0.15) is 5.26 Å². The standard InChI is InChI=1S/C21H32N2O5/c1-14-15(11-9-7-5-3-4-6-8-10-12-24)19(26)20(28-2)17(18(14)25)16(13-22)21(23)27/h21,24,26-27H,3-12,23H2,1-2H3/b17-16+. The van der Waals surface area contributed by atoms with Crippen LogP contribution in [0.3, 0.4) is 0 Å². The first kappa shape index (κ1) is 23.9. The average molecular weight is 392 g/mol. The Kier molecular flexibility index (Phi) is 10.5. The van der Waals surface area contributed by atoms with Crippen LogP contribution in [0, 0.1) is 11.3 Å². The molecule has 1 atom stereocenters. The third-order valence-electron chi connectivity index (χ3n) is 4.97. The molecule has 0 saturated heterocycles. The summed E-state index contributed by atoms with van der Waals surface area (Å²) in [6.45, 7) is 1.85. The number of aliphatic hydroxyl groups is 3. The molecule has 0 aliphatic heterocycles. The molecule has 7 nitrogen and oxygen atoms in total. The van der Waals surface area contributed by atoms with Gasteiger partial charge in [0.05, 0.1) is 24.3 Å². The Bertz CT molecular complexity index is 683. The Morgan fingerprint density at radius 3 is 2.14 bits per heavy atom. The van der Waals surface area contributed by atoms with Crippen molar-refractivity contribution in [2.75, 3.05) is 13.7 Å². The molecule has 0 radical (unpaired) electrons. The molecule has 0 fully saturated rings. The van der Waals surface area contributed by atoms with Crippen LogP contribution < -0.4 is 5.73 Å². The number of methoxy groups -OCH3 is 1. The molecule has 156 valence electrons. The van der Waals surface area contributed by atoms with Crippen LogP contribution in [0.5, 0.6) is 0 Å². The molecule has 0 aromatic heterocycles. The zero-order chi connectivity index (χ0) is 21.1. The summed E-state index contributed by atoms with van der Waals surface area (Å²) < 4.78 is 5.17. The lowest BCUT2D eigenvalue weighted by Gasteiger charge is -2.23. The van der Waals surface area contributed by atoms with Gasteiger partial charge < -0.3 is 25.8 Å². The minimum Gasteiger partial charge on any atom is -0.504 e. The van der Waals surface area contributed by atoms with Gasteiger partial charge in [0.15, 0.2) is 17.3 Å². The second-order valence-corrected chi connectivity index (χ2v) is 6.96. The molecule has 1 aliphatic carbocycles. The molecule has 0 spiro atoms. The highest BCUT2D eigenvalue weighted by atomic mass is 16.5. The highest BCUT2D eigenvalue weighted by Gasteiger charge is 2.34. The quantitative estimate of drug-likeness (QED) is 0.173. The van der Waals surface area contributed by atoms with Crippen LogP contribution in [0.2, 0.25) is 0 Å². The molecule has 7 heteroatoms. The Morgan fingerprint density at radius 2 is 1.68 bits per heavy atom. The van der Waals surface area contributed by atoms with Gasteiger partial charge in [-0.05, 0) is 26.2 Å². The second kappa shape index (κ2) is 12.3. The maximum absolute atomic E-state index is 12.7. The number of allylic oxidation sites excluding steroid dienone is 3. The van der Waals surface area contributed by atoms with Crippen molar-refractivity contribution in [3.8, 4) is 6.07 Å². The number of ether oxygens (including phenoxy) is 1. The predicted octanol–water partition coefficient (Wildman–Crippen LogP) is 2.90. The minimum absolute atomic E-state index is 0.115. The third kappa shape index (κ3) is 6.20. The first-order valence-electron chi connectivity index (χ1n) is 9.81. The van der Waals surface area contributed by atoms with Crippen LogP contribution >= 0.6 is 0 Å². The van der Waals surface area contributed by atoms with E-state index in [2.05, 4.69) is 0 Å². The molecule has 1 aliphatic rings. The van der Waals surface area contributed by atoms with Gasteiger partial charge in [0.25, 0.3) is 0 Å². The molecule has 28 heavy (non-hydrogen) atoms. The van der Waals surface area contributed by atoms with Crippen molar-refractivity contribution in [3.63, 3.8) is 0 Å². The number of Topliss-reactive ketones (excluding diaryl/α,β-unsaturated/α-hetero) is 1. The number of hydrogen-bond donors (Lipinski definition) is 4. The fraction of sp³-hybridized carbons (Fsp3) is 0.619. The van der Waals surface area contributed by atoms with Crippen LogP contribution in [-0.4, -0.2) is 41.0 Å². The van der Waals surface area contributed by atoms with E-state index in [4.69, 9.17) is 15.6 Å². The largest absolute Gasteiger partial charge is 0.504 e. The highest BCUT2D eigenvalue weighted by molar-refractivity contribution is 6.13. The zero-order valence-electron chi connectivity index (χ0n) is 16.8. The number of carbonyl (C=O) groups is 1. The minimum atomic E-state index is -1.63. The molecule has 0 bridgehead atoms. The van der Waals surface area contributed by atoms with E-state index in [0.29, 0.717) is 17.6 Å². The van der Waals surface area contributed by atoms with Crippen molar-refractivity contribution in [3.05, 3.63) is 33.8 Å². The van der Waals surface area contributed by atoms with Crippen molar-refractivity contribution in [2.24, 2.45) is 5.73 Å². The molecule has 0 saturated carbocycles. The predicted molar refractivity (Wildman–Crippen MR) is 106 cm³/mol. The van der Waals surface area contributed by atoms with E-state index in [1.807, 2.05) is 0 Å². The Labute approximate surface area is 166 Å². The van der Waals surface area contributed by atoms with E-state index in [0.717, 1.165) is 51.4 Å². The lowest BCUT2D eigenvalue weighted by Crippen LogP contribution is -2.28. The molecule has 1 rings (SSSR count). The molecule has 0 aromatic rings. The number of hydrogen-bond acceptors (Lipinski definition) is 7. The van der Waals surface area contributed by atoms with E-state index in [9.17, 15) is 20.3 Å². The van der Waals surface area contributed by atoms with Crippen LogP contribution in [0.4, 0.5) is 0 Å². The molecule has 0 aromatic carbocycles. The zero-order valence-corrected chi connectivity index (χ0v) is 16.8. The van der Waals surface area contributed by atoms with Crippen LogP contribution in [0.15, 0.2) is 33.8 Å². The lowest BCUT2D eigenvalue weighted by atomic mass is 9.85. The van der Waals surface area contributed by atoms with Crippen LogP contribution in [0.1, 0.15) is 64.7 Å². The number of nitrogens with two attached hydrogens (primary N) is 1. The van der Waals surface area contributed by atoms with E-state index < -0.39 is 12.0 Å². The number of rotatable bonds is 12. The fourth-order valence-corrected chi connectivity index (χ4v) is 3.35. The van der Waals surface area contributed by atoms with E-state index in [1.54, 1.807) is 13.0 Å². The summed E-state index contributed by atoms with van der Waals surface area (Å²) >= 11 is 0. The summed E-state index contributed by atoms with van der Waals surface area (Å²) in [6.07, 6.45) is 7.09. The molecular formula is C21H32N2O5. The molecule has 5 N–H and O–H groups in total. The van der Waals surface area contributed by atoms with Crippen molar-refractivity contribution in [1.82, 2.24) is 0 Å². The maximum atomic E-state index is 12.7. The smallest absolute Gasteiger partial charge is 0.194 e. The van der Waals surface area contributed by atoms with Gasteiger partial charge in [-0.3, -0.25) is 4.79 Å². The van der Waals surface area contributed by atoms with Gasteiger partial charge in [0.1, 0.15) is 6.23 Å².